The molecule has 0 radical (unpaired) electrons. The van der Waals surface area contributed by atoms with Gasteiger partial charge in [0.1, 0.15) is 5.82 Å². The van der Waals surface area contributed by atoms with Crippen LogP contribution in [0.5, 0.6) is 0 Å². The molecule has 0 saturated carbocycles. The van der Waals surface area contributed by atoms with Crippen LogP contribution in [0.15, 0.2) is 28.7 Å². The molecule has 2 aromatic rings. The molecule has 2 rings (SSSR count). The van der Waals surface area contributed by atoms with Crippen molar-refractivity contribution in [2.45, 2.75) is 32.2 Å². The maximum absolute atomic E-state index is 12.9. The Morgan fingerprint density at radius 3 is 2.52 bits per heavy atom. The van der Waals surface area contributed by atoms with Crippen molar-refractivity contribution in [3.63, 3.8) is 0 Å². The van der Waals surface area contributed by atoms with Crippen molar-refractivity contribution in [2.24, 2.45) is 12.9 Å². The molecule has 114 valence electrons. The van der Waals surface area contributed by atoms with Gasteiger partial charge in [-0.15, -0.1) is 0 Å². The molecule has 1 unspecified atom stereocenters. The molecule has 0 aliphatic rings. The Hall–Kier alpha value is -1.24. The van der Waals surface area contributed by atoms with Crippen LogP contribution in [0.2, 0.25) is 0 Å². The van der Waals surface area contributed by atoms with Crippen molar-refractivity contribution >= 4 is 15.9 Å². The van der Waals surface area contributed by atoms with Crippen molar-refractivity contribution in [1.82, 2.24) is 15.2 Å². The normalized spacial score (nSPS) is 12.6. The summed E-state index contributed by atoms with van der Waals surface area (Å²) in [4.78, 5) is 0. The van der Waals surface area contributed by atoms with Gasteiger partial charge >= 0.3 is 0 Å². The predicted octanol–water partition coefficient (Wildman–Crippen LogP) is 2.50. The van der Waals surface area contributed by atoms with Crippen LogP contribution in [0.4, 0.5) is 4.39 Å². The van der Waals surface area contributed by atoms with Crippen molar-refractivity contribution in [1.29, 1.82) is 0 Å². The Morgan fingerprint density at radius 2 is 2.00 bits per heavy atom. The van der Waals surface area contributed by atoms with Crippen molar-refractivity contribution < 1.29 is 4.39 Å². The highest BCUT2D eigenvalue weighted by Crippen LogP contribution is 2.23. The highest BCUT2D eigenvalue weighted by atomic mass is 79.9. The number of nitrogens with zero attached hydrogens (tertiary/aromatic N) is 2. The SMILES string of the molecule is CCc1nn(C)c(CC(Cc2ccc(F)cc2)NN)c1Br. The molecule has 0 amide bonds. The molecule has 0 bridgehead atoms. The first-order valence-electron chi connectivity index (χ1n) is 6.96. The number of hydrazine groups is 1. The number of hydrogen-bond acceptors (Lipinski definition) is 3. The summed E-state index contributed by atoms with van der Waals surface area (Å²) in [7, 11) is 1.94. The highest BCUT2D eigenvalue weighted by molar-refractivity contribution is 9.10. The average Bonchev–Trinajstić information content (AvgIpc) is 2.75. The van der Waals surface area contributed by atoms with Gasteiger partial charge in [0.2, 0.25) is 0 Å². The van der Waals surface area contributed by atoms with Gasteiger partial charge in [-0.2, -0.15) is 5.10 Å². The van der Waals surface area contributed by atoms with Crippen molar-refractivity contribution in [2.75, 3.05) is 0 Å². The lowest BCUT2D eigenvalue weighted by molar-refractivity contribution is 0.504. The lowest BCUT2D eigenvalue weighted by atomic mass is 10.0. The molecule has 21 heavy (non-hydrogen) atoms. The number of nitrogens with two attached hydrogens (primary N) is 1. The molecule has 1 aromatic heterocycles. The smallest absolute Gasteiger partial charge is 0.123 e. The van der Waals surface area contributed by atoms with E-state index >= 15 is 0 Å². The fraction of sp³-hybridized carbons (Fsp3) is 0.400. The Morgan fingerprint density at radius 1 is 1.33 bits per heavy atom. The summed E-state index contributed by atoms with van der Waals surface area (Å²) < 4.78 is 15.9. The van der Waals surface area contributed by atoms with Crippen LogP contribution >= 0.6 is 15.9 Å². The van der Waals surface area contributed by atoms with E-state index in [9.17, 15) is 4.39 Å². The topological polar surface area (TPSA) is 55.9 Å². The Kier molecular flexibility index (Phi) is 5.50. The highest BCUT2D eigenvalue weighted by Gasteiger charge is 2.17. The number of benzene rings is 1. The largest absolute Gasteiger partial charge is 0.271 e. The molecule has 1 aromatic carbocycles. The van der Waals surface area contributed by atoms with Gasteiger partial charge in [-0.1, -0.05) is 19.1 Å². The van der Waals surface area contributed by atoms with Crippen molar-refractivity contribution in [3.8, 4) is 0 Å². The van der Waals surface area contributed by atoms with Crippen LogP contribution in [0.25, 0.3) is 0 Å². The number of aromatic nitrogens is 2. The van der Waals surface area contributed by atoms with E-state index in [1.165, 1.54) is 12.1 Å². The molecular weight excluding hydrogens is 335 g/mol. The number of nitrogens with one attached hydrogen (secondary N) is 1. The number of halogens is 2. The van der Waals surface area contributed by atoms with Crippen LogP contribution in [0.1, 0.15) is 23.9 Å². The minimum absolute atomic E-state index is 0.0619. The molecule has 0 aliphatic carbocycles. The average molecular weight is 355 g/mol. The summed E-state index contributed by atoms with van der Waals surface area (Å²) in [6.45, 7) is 2.08. The third-order valence-electron chi connectivity index (χ3n) is 3.57. The Labute approximate surface area is 132 Å². The Balaban J connectivity index is 2.12. The minimum Gasteiger partial charge on any atom is -0.271 e. The first-order valence-corrected chi connectivity index (χ1v) is 7.75. The fourth-order valence-electron chi connectivity index (χ4n) is 2.37. The second-order valence-corrected chi connectivity index (χ2v) is 5.88. The van der Waals surface area contributed by atoms with E-state index < -0.39 is 0 Å². The summed E-state index contributed by atoms with van der Waals surface area (Å²) in [6.07, 6.45) is 2.36. The molecule has 6 heteroatoms. The quantitative estimate of drug-likeness (QED) is 0.618. The van der Waals surface area contributed by atoms with Crippen LogP contribution < -0.4 is 11.3 Å². The maximum Gasteiger partial charge on any atom is 0.123 e. The zero-order chi connectivity index (χ0) is 15.4. The van der Waals surface area contributed by atoms with Gasteiger partial charge in [-0.05, 0) is 46.5 Å². The zero-order valence-electron chi connectivity index (χ0n) is 12.2. The van der Waals surface area contributed by atoms with Crippen LogP contribution in [-0.4, -0.2) is 15.8 Å². The van der Waals surface area contributed by atoms with E-state index in [1.807, 2.05) is 11.7 Å². The van der Waals surface area contributed by atoms with E-state index in [0.717, 1.165) is 40.7 Å². The molecule has 0 fully saturated rings. The lowest BCUT2D eigenvalue weighted by Crippen LogP contribution is -2.39. The van der Waals surface area contributed by atoms with Gasteiger partial charge in [0, 0.05) is 19.5 Å². The van der Waals surface area contributed by atoms with Gasteiger partial charge in [-0.3, -0.25) is 16.0 Å². The maximum atomic E-state index is 12.9. The summed E-state index contributed by atoms with van der Waals surface area (Å²) in [5.41, 5.74) is 6.04. The van der Waals surface area contributed by atoms with Crippen LogP contribution in [0, 0.1) is 5.82 Å². The number of hydrogen-bond donors (Lipinski definition) is 2. The third kappa shape index (κ3) is 3.90. The van der Waals surface area contributed by atoms with Crippen LogP contribution in [-0.2, 0) is 26.3 Å². The van der Waals surface area contributed by atoms with E-state index in [4.69, 9.17) is 5.84 Å². The molecule has 1 atom stereocenters. The second-order valence-electron chi connectivity index (χ2n) is 5.08. The van der Waals surface area contributed by atoms with Crippen LogP contribution in [0.3, 0.4) is 0 Å². The third-order valence-corrected chi connectivity index (χ3v) is 4.49. The molecule has 4 nitrogen and oxygen atoms in total. The molecular formula is C15H20BrFN4. The second kappa shape index (κ2) is 7.15. The summed E-state index contributed by atoms with van der Waals surface area (Å²) in [6, 6.07) is 6.58. The zero-order valence-corrected chi connectivity index (χ0v) is 13.8. The standard InChI is InChI=1S/C15H20BrFN4/c1-3-13-15(16)14(21(2)20-13)9-12(19-18)8-10-4-6-11(17)7-5-10/h4-7,12,19H,3,8-9,18H2,1-2H3. The van der Waals surface area contributed by atoms with Gasteiger partial charge in [0.25, 0.3) is 0 Å². The van der Waals surface area contributed by atoms with Gasteiger partial charge in [-0.25, -0.2) is 4.39 Å². The summed E-state index contributed by atoms with van der Waals surface area (Å²) in [5.74, 6) is 5.44. The van der Waals surface area contributed by atoms with Crippen molar-refractivity contribution in [3.05, 3.63) is 51.5 Å². The monoisotopic (exact) mass is 354 g/mol. The lowest BCUT2D eigenvalue weighted by Gasteiger charge is -2.16. The molecule has 0 aliphatic heterocycles. The minimum atomic E-state index is -0.224. The number of rotatable bonds is 6. The van der Waals surface area contributed by atoms with E-state index in [2.05, 4.69) is 33.4 Å². The van der Waals surface area contributed by atoms with E-state index in [-0.39, 0.29) is 11.9 Å². The fourth-order valence-corrected chi connectivity index (χ4v) is 3.15. The molecule has 3 N–H and O–H groups in total. The first-order chi connectivity index (χ1) is 10.0. The van der Waals surface area contributed by atoms with E-state index in [1.54, 1.807) is 12.1 Å². The summed E-state index contributed by atoms with van der Waals surface area (Å²) in [5, 5.41) is 4.49. The predicted molar refractivity (Wildman–Crippen MR) is 85.2 cm³/mol. The molecule has 0 saturated heterocycles. The van der Waals surface area contributed by atoms with Gasteiger partial charge in [0.05, 0.1) is 15.9 Å². The first kappa shape index (κ1) is 16.1. The number of aryl methyl sites for hydroxylation is 2. The molecule has 0 spiro atoms. The van der Waals surface area contributed by atoms with Gasteiger partial charge in [0.15, 0.2) is 0 Å². The van der Waals surface area contributed by atoms with Gasteiger partial charge < -0.3 is 0 Å². The van der Waals surface area contributed by atoms with E-state index in [0.29, 0.717) is 0 Å². The Bertz CT molecular complexity index is 594. The summed E-state index contributed by atoms with van der Waals surface area (Å²) >= 11 is 3.61. The molecule has 1 heterocycles.